The number of benzene rings is 1. The standard InChI is InChI=1S/C21H28N2O7/c1-11(2)28-20(25)22-23(21(26)29-12(3)4)14-7-9-15-18(14)17-13(10-24)6-8-16(27-5)19(17)30-15/h6-9,11-12,14-15,18,24H,10H2,1-5H3,(H,22,25)/t14-,15-,18+/m1/s1. The third kappa shape index (κ3) is 4.16. The number of rotatable bonds is 5. The molecule has 1 aliphatic carbocycles. The first-order valence-electron chi connectivity index (χ1n) is 9.89. The zero-order chi connectivity index (χ0) is 22.0. The number of carbonyl (C=O) groups is 2. The molecule has 0 spiro atoms. The molecule has 3 rings (SSSR count). The van der Waals surface area contributed by atoms with Crippen molar-refractivity contribution in [1.29, 1.82) is 0 Å². The molecule has 9 nitrogen and oxygen atoms in total. The number of carbonyl (C=O) groups excluding carboxylic acids is 2. The highest BCUT2D eigenvalue weighted by Gasteiger charge is 2.48. The molecular weight excluding hydrogens is 392 g/mol. The molecule has 1 aromatic rings. The van der Waals surface area contributed by atoms with Gasteiger partial charge in [0.2, 0.25) is 0 Å². The van der Waals surface area contributed by atoms with E-state index in [2.05, 4.69) is 5.43 Å². The fourth-order valence-electron chi connectivity index (χ4n) is 3.73. The minimum atomic E-state index is -0.769. The number of aliphatic hydroxyl groups is 1. The van der Waals surface area contributed by atoms with Crippen molar-refractivity contribution in [2.45, 2.75) is 64.6 Å². The monoisotopic (exact) mass is 420 g/mol. The average molecular weight is 420 g/mol. The molecule has 0 radical (unpaired) electrons. The Labute approximate surface area is 175 Å². The van der Waals surface area contributed by atoms with E-state index in [1.165, 1.54) is 7.11 Å². The van der Waals surface area contributed by atoms with Crippen molar-refractivity contribution in [2.24, 2.45) is 0 Å². The van der Waals surface area contributed by atoms with Gasteiger partial charge < -0.3 is 24.1 Å². The van der Waals surface area contributed by atoms with Crippen LogP contribution in [-0.4, -0.2) is 53.8 Å². The van der Waals surface area contributed by atoms with E-state index >= 15 is 0 Å². The van der Waals surface area contributed by atoms with Crippen molar-refractivity contribution >= 4 is 12.2 Å². The van der Waals surface area contributed by atoms with Crippen LogP contribution >= 0.6 is 0 Å². The summed E-state index contributed by atoms with van der Waals surface area (Å²) < 4.78 is 21.9. The fraction of sp³-hybridized carbons (Fsp3) is 0.524. The molecule has 30 heavy (non-hydrogen) atoms. The van der Waals surface area contributed by atoms with Crippen LogP contribution in [0.1, 0.15) is 44.7 Å². The van der Waals surface area contributed by atoms with Gasteiger partial charge in [0.15, 0.2) is 11.5 Å². The van der Waals surface area contributed by atoms with Gasteiger partial charge in [0.25, 0.3) is 0 Å². The van der Waals surface area contributed by atoms with Crippen LogP contribution in [0.2, 0.25) is 0 Å². The molecule has 0 saturated heterocycles. The highest BCUT2D eigenvalue weighted by molar-refractivity contribution is 5.75. The van der Waals surface area contributed by atoms with E-state index in [1.807, 2.05) is 6.08 Å². The lowest BCUT2D eigenvalue weighted by atomic mass is 9.89. The summed E-state index contributed by atoms with van der Waals surface area (Å²) in [5.74, 6) is 0.693. The number of hydrazine groups is 1. The van der Waals surface area contributed by atoms with E-state index in [1.54, 1.807) is 45.9 Å². The lowest BCUT2D eigenvalue weighted by Gasteiger charge is -2.32. The van der Waals surface area contributed by atoms with Gasteiger partial charge >= 0.3 is 12.2 Å². The zero-order valence-corrected chi connectivity index (χ0v) is 17.7. The molecule has 1 aliphatic heterocycles. The molecule has 9 heteroatoms. The van der Waals surface area contributed by atoms with Gasteiger partial charge in [-0.15, -0.1) is 0 Å². The molecule has 2 amide bonds. The Hall–Kier alpha value is -2.94. The number of methoxy groups -OCH3 is 1. The minimum absolute atomic E-state index is 0.203. The molecule has 2 aliphatic rings. The molecule has 3 atom stereocenters. The fourth-order valence-corrected chi connectivity index (χ4v) is 3.73. The van der Waals surface area contributed by atoms with Crippen molar-refractivity contribution in [3.8, 4) is 11.5 Å². The maximum Gasteiger partial charge on any atom is 0.429 e. The highest BCUT2D eigenvalue weighted by atomic mass is 16.6. The Bertz CT molecular complexity index is 837. The maximum atomic E-state index is 12.8. The van der Waals surface area contributed by atoms with Crippen LogP contribution in [0.25, 0.3) is 0 Å². The van der Waals surface area contributed by atoms with Gasteiger partial charge in [-0.05, 0) is 45.4 Å². The molecule has 0 aromatic heterocycles. The Morgan fingerprint density at radius 1 is 1.17 bits per heavy atom. The van der Waals surface area contributed by atoms with Gasteiger partial charge in [0.05, 0.1) is 37.9 Å². The summed E-state index contributed by atoms with van der Waals surface area (Å²) in [6, 6.07) is 2.88. The molecule has 0 saturated carbocycles. The molecule has 0 fully saturated rings. The number of ether oxygens (including phenoxy) is 4. The van der Waals surface area contributed by atoms with Crippen LogP contribution in [0.3, 0.4) is 0 Å². The van der Waals surface area contributed by atoms with Crippen LogP contribution in [0.4, 0.5) is 9.59 Å². The first-order chi connectivity index (χ1) is 14.3. The van der Waals surface area contributed by atoms with Crippen molar-refractivity contribution < 1.29 is 33.6 Å². The van der Waals surface area contributed by atoms with Gasteiger partial charge in [0.1, 0.15) is 6.10 Å². The molecule has 2 N–H and O–H groups in total. The second-order valence-electron chi connectivity index (χ2n) is 7.68. The van der Waals surface area contributed by atoms with Crippen molar-refractivity contribution in [3.63, 3.8) is 0 Å². The minimum Gasteiger partial charge on any atom is -0.493 e. The van der Waals surface area contributed by atoms with E-state index in [9.17, 15) is 14.7 Å². The molecule has 164 valence electrons. The second kappa shape index (κ2) is 8.83. The Balaban J connectivity index is 1.97. The van der Waals surface area contributed by atoms with Crippen molar-refractivity contribution in [3.05, 3.63) is 35.4 Å². The predicted molar refractivity (Wildman–Crippen MR) is 107 cm³/mol. The van der Waals surface area contributed by atoms with Gasteiger partial charge in [-0.1, -0.05) is 12.1 Å². The van der Waals surface area contributed by atoms with Gasteiger partial charge in [0, 0.05) is 5.56 Å². The van der Waals surface area contributed by atoms with E-state index in [0.29, 0.717) is 17.1 Å². The quantitative estimate of drug-likeness (QED) is 0.557. The molecule has 0 bridgehead atoms. The SMILES string of the molecule is COc1ccc(CO)c2c1O[C@@H]1C=C[C@@H](N(NC(=O)OC(C)C)C(=O)OC(C)C)[C@H]21. The Kier molecular flexibility index (Phi) is 6.40. The lowest BCUT2D eigenvalue weighted by molar-refractivity contribution is 0.0331. The summed E-state index contributed by atoms with van der Waals surface area (Å²) in [7, 11) is 1.54. The number of nitrogens with one attached hydrogen (secondary N) is 1. The predicted octanol–water partition coefficient (Wildman–Crippen LogP) is 2.87. The highest BCUT2D eigenvalue weighted by Crippen LogP contribution is 2.51. The summed E-state index contributed by atoms with van der Waals surface area (Å²) in [4.78, 5) is 25.1. The van der Waals surface area contributed by atoms with Crippen LogP contribution in [-0.2, 0) is 16.1 Å². The number of hydrogen-bond acceptors (Lipinski definition) is 7. The molecule has 0 unspecified atom stereocenters. The van der Waals surface area contributed by atoms with Crippen molar-refractivity contribution in [2.75, 3.05) is 7.11 Å². The number of aliphatic hydroxyl groups excluding tert-OH is 1. The first-order valence-corrected chi connectivity index (χ1v) is 9.89. The number of hydrogen-bond donors (Lipinski definition) is 2. The topological polar surface area (TPSA) is 107 Å². The van der Waals surface area contributed by atoms with Crippen LogP contribution in [0.15, 0.2) is 24.3 Å². The van der Waals surface area contributed by atoms with Gasteiger partial charge in [-0.2, -0.15) is 0 Å². The zero-order valence-electron chi connectivity index (χ0n) is 17.7. The normalized spacial score (nSPS) is 21.1. The third-order valence-corrected chi connectivity index (χ3v) is 4.83. The lowest BCUT2D eigenvalue weighted by Crippen LogP contribution is -2.54. The summed E-state index contributed by atoms with van der Waals surface area (Å²) in [5.41, 5.74) is 3.90. The molecular formula is C21H28N2O7. The second-order valence-corrected chi connectivity index (χ2v) is 7.68. The third-order valence-electron chi connectivity index (χ3n) is 4.83. The maximum absolute atomic E-state index is 12.8. The van der Waals surface area contributed by atoms with Gasteiger partial charge in [-0.25, -0.2) is 20.0 Å². The number of fused-ring (bicyclic) bond motifs is 3. The largest absolute Gasteiger partial charge is 0.493 e. The van der Waals surface area contributed by atoms with Crippen LogP contribution in [0, 0.1) is 0 Å². The molecule has 1 aromatic carbocycles. The Morgan fingerprint density at radius 2 is 1.87 bits per heavy atom. The smallest absolute Gasteiger partial charge is 0.429 e. The summed E-state index contributed by atoms with van der Waals surface area (Å²) >= 11 is 0. The van der Waals surface area contributed by atoms with E-state index in [0.717, 1.165) is 10.6 Å². The Morgan fingerprint density at radius 3 is 2.47 bits per heavy atom. The summed E-state index contributed by atoms with van der Waals surface area (Å²) in [6.45, 7) is 6.66. The number of amides is 2. The van der Waals surface area contributed by atoms with Crippen molar-refractivity contribution in [1.82, 2.24) is 10.4 Å². The molecule has 1 heterocycles. The van der Waals surface area contributed by atoms with E-state index in [-0.39, 0.29) is 30.8 Å². The summed E-state index contributed by atoms with van der Waals surface area (Å²) in [6.07, 6.45) is 0.975. The van der Waals surface area contributed by atoms with Crippen LogP contribution < -0.4 is 14.9 Å². The van der Waals surface area contributed by atoms with E-state index < -0.39 is 18.2 Å². The first kappa shape index (κ1) is 21.8. The number of nitrogens with zero attached hydrogens (tertiary/aromatic N) is 1. The average Bonchev–Trinajstić information content (AvgIpc) is 3.23. The van der Waals surface area contributed by atoms with Crippen LogP contribution in [0.5, 0.6) is 11.5 Å². The summed E-state index contributed by atoms with van der Waals surface area (Å²) in [5, 5.41) is 11.0. The van der Waals surface area contributed by atoms with Gasteiger partial charge in [-0.3, -0.25) is 0 Å². The van der Waals surface area contributed by atoms with E-state index in [4.69, 9.17) is 18.9 Å².